The Bertz CT molecular complexity index is 1370. The van der Waals surface area contributed by atoms with Gasteiger partial charge in [0.05, 0.1) is 0 Å². The summed E-state index contributed by atoms with van der Waals surface area (Å²) in [7, 11) is 4.85. The van der Waals surface area contributed by atoms with Gasteiger partial charge < -0.3 is 20.9 Å². The van der Waals surface area contributed by atoms with Crippen LogP contribution in [0.15, 0.2) is 97.1 Å². The van der Waals surface area contributed by atoms with E-state index in [1.807, 2.05) is 78.9 Å². The third-order valence-electron chi connectivity index (χ3n) is 8.36. The highest BCUT2D eigenvalue weighted by Gasteiger charge is 2.35. The number of benzene rings is 3. The molecule has 0 heterocycles. The minimum absolute atomic E-state index is 0.233. The van der Waals surface area contributed by atoms with Gasteiger partial charge in [-0.3, -0.25) is 14.4 Å². The van der Waals surface area contributed by atoms with E-state index in [9.17, 15) is 14.4 Å². The first-order valence-corrected chi connectivity index (χ1v) is 14.6. The van der Waals surface area contributed by atoms with Crippen LogP contribution in [0.3, 0.4) is 0 Å². The molecule has 1 fully saturated rings. The van der Waals surface area contributed by atoms with Gasteiger partial charge in [-0.2, -0.15) is 0 Å². The fraction of sp³-hybridized carbons (Fsp3) is 0.343. The maximum atomic E-state index is 14.1. The first-order chi connectivity index (χ1) is 20.2. The number of nitrogens with one attached hydrogen (secondary N) is 1. The monoisotopic (exact) mass is 566 g/mol. The Labute approximate surface area is 249 Å². The van der Waals surface area contributed by atoms with Gasteiger partial charge >= 0.3 is 0 Å². The van der Waals surface area contributed by atoms with E-state index in [-0.39, 0.29) is 23.3 Å². The Balaban J connectivity index is 1.58. The predicted molar refractivity (Wildman–Crippen MR) is 167 cm³/mol. The van der Waals surface area contributed by atoms with E-state index < -0.39 is 12.1 Å². The van der Waals surface area contributed by atoms with Crippen molar-refractivity contribution in [3.05, 3.63) is 108 Å². The highest BCUT2D eigenvalue weighted by atomic mass is 16.2. The highest BCUT2D eigenvalue weighted by molar-refractivity contribution is 5.95. The lowest BCUT2D eigenvalue weighted by molar-refractivity contribution is -0.146. The van der Waals surface area contributed by atoms with Crippen molar-refractivity contribution >= 4 is 17.7 Å². The van der Waals surface area contributed by atoms with Gasteiger partial charge in [-0.05, 0) is 54.0 Å². The van der Waals surface area contributed by atoms with Gasteiger partial charge in [0.2, 0.25) is 17.7 Å². The number of likely N-dealkylation sites (N-methyl/N-ethyl adjacent to an activating group) is 3. The summed E-state index contributed by atoms with van der Waals surface area (Å²) in [5.74, 6) is -0.835. The molecule has 220 valence electrons. The number of hydrogen-bond donors (Lipinski definition) is 2. The van der Waals surface area contributed by atoms with E-state index in [1.165, 1.54) is 15.9 Å². The van der Waals surface area contributed by atoms with Crippen LogP contribution in [0, 0.1) is 0 Å². The van der Waals surface area contributed by atoms with E-state index in [1.54, 1.807) is 21.1 Å². The third kappa shape index (κ3) is 7.74. The summed E-state index contributed by atoms with van der Waals surface area (Å²) in [5.41, 5.74) is 10.1. The molecule has 7 heteroatoms. The Hall–Kier alpha value is -4.23. The van der Waals surface area contributed by atoms with Crippen LogP contribution in [-0.2, 0) is 27.2 Å². The van der Waals surface area contributed by atoms with Crippen molar-refractivity contribution < 1.29 is 14.4 Å². The number of amides is 3. The van der Waals surface area contributed by atoms with Crippen LogP contribution in [-0.4, -0.2) is 66.3 Å². The molecule has 1 aliphatic rings. The SMILES string of the molecule is CNC(=O)[C@@H](Cc1ccccc1)N(C)C(=O)[C@@H](Cc1ccc(-c2ccccc2)cc1)N(C)C(=O)/C=C/CC1(N)CCC1. The second kappa shape index (κ2) is 14.1. The van der Waals surface area contributed by atoms with Gasteiger partial charge in [0.1, 0.15) is 12.1 Å². The zero-order valence-corrected chi connectivity index (χ0v) is 24.8. The van der Waals surface area contributed by atoms with Crippen LogP contribution >= 0.6 is 0 Å². The topological polar surface area (TPSA) is 95.7 Å². The molecular formula is C35H42N4O3. The van der Waals surface area contributed by atoms with Crippen molar-refractivity contribution in [3.63, 3.8) is 0 Å². The van der Waals surface area contributed by atoms with Crippen LogP contribution in [0.1, 0.15) is 36.8 Å². The molecule has 0 aliphatic heterocycles. The molecule has 1 aliphatic carbocycles. The molecule has 3 aromatic rings. The lowest BCUT2D eigenvalue weighted by atomic mass is 9.75. The van der Waals surface area contributed by atoms with Crippen LogP contribution < -0.4 is 11.1 Å². The molecule has 7 nitrogen and oxygen atoms in total. The molecule has 3 amide bonds. The summed E-state index contributed by atoms with van der Waals surface area (Å²) < 4.78 is 0. The lowest BCUT2D eigenvalue weighted by Gasteiger charge is -2.37. The fourth-order valence-electron chi connectivity index (χ4n) is 5.38. The Kier molecular flexibility index (Phi) is 10.3. The molecule has 1 saturated carbocycles. The molecular weight excluding hydrogens is 524 g/mol. The van der Waals surface area contributed by atoms with Crippen molar-refractivity contribution in [1.29, 1.82) is 0 Å². The number of carbonyl (C=O) groups is 3. The molecule has 0 spiro atoms. The van der Waals surface area contributed by atoms with Gasteiger partial charge in [0.25, 0.3) is 0 Å². The number of nitrogens with zero attached hydrogens (tertiary/aromatic N) is 2. The third-order valence-corrected chi connectivity index (χ3v) is 8.36. The van der Waals surface area contributed by atoms with E-state index >= 15 is 0 Å². The zero-order valence-electron chi connectivity index (χ0n) is 24.8. The fourth-order valence-corrected chi connectivity index (χ4v) is 5.38. The van der Waals surface area contributed by atoms with Crippen LogP contribution in [0.4, 0.5) is 0 Å². The summed E-state index contributed by atoms with van der Waals surface area (Å²) in [4.78, 5) is 43.4. The number of carbonyl (C=O) groups excluding carboxylic acids is 3. The Morgan fingerprint density at radius 3 is 1.93 bits per heavy atom. The number of nitrogens with two attached hydrogens (primary N) is 1. The zero-order chi connectivity index (χ0) is 30.1. The van der Waals surface area contributed by atoms with E-state index in [0.717, 1.165) is 41.5 Å². The normalized spacial score (nSPS) is 15.3. The molecule has 3 aromatic carbocycles. The number of hydrogen-bond acceptors (Lipinski definition) is 4. The molecule has 0 bridgehead atoms. The second-order valence-electron chi connectivity index (χ2n) is 11.3. The molecule has 0 unspecified atom stereocenters. The second-order valence-corrected chi connectivity index (χ2v) is 11.3. The van der Waals surface area contributed by atoms with Crippen LogP contribution in [0.2, 0.25) is 0 Å². The summed E-state index contributed by atoms with van der Waals surface area (Å²) in [6, 6.07) is 26.2. The molecule has 4 rings (SSSR count). The average molecular weight is 567 g/mol. The first-order valence-electron chi connectivity index (χ1n) is 14.6. The minimum atomic E-state index is -0.812. The maximum absolute atomic E-state index is 14.1. The molecule has 0 radical (unpaired) electrons. The van der Waals surface area contributed by atoms with Crippen LogP contribution in [0.5, 0.6) is 0 Å². The molecule has 0 aromatic heterocycles. The van der Waals surface area contributed by atoms with Crippen molar-refractivity contribution in [3.8, 4) is 11.1 Å². The van der Waals surface area contributed by atoms with Crippen LogP contribution in [0.25, 0.3) is 11.1 Å². The lowest BCUT2D eigenvalue weighted by Crippen LogP contribution is -2.55. The highest BCUT2D eigenvalue weighted by Crippen LogP contribution is 2.32. The van der Waals surface area contributed by atoms with Gasteiger partial charge in [0.15, 0.2) is 0 Å². The Morgan fingerprint density at radius 1 is 0.810 bits per heavy atom. The molecule has 2 atom stereocenters. The Morgan fingerprint density at radius 2 is 1.36 bits per heavy atom. The van der Waals surface area contributed by atoms with Gasteiger partial charge in [-0.1, -0.05) is 91.0 Å². The summed E-state index contributed by atoms with van der Waals surface area (Å²) in [6.45, 7) is 0. The molecule has 3 N–H and O–H groups in total. The van der Waals surface area contributed by atoms with Crippen molar-refractivity contribution in [2.24, 2.45) is 5.73 Å². The minimum Gasteiger partial charge on any atom is -0.357 e. The van der Waals surface area contributed by atoms with Gasteiger partial charge in [0, 0.05) is 39.5 Å². The standard InChI is InChI=1S/C35H42N4O3/c1-37-33(41)30(24-26-12-6-4-7-13-26)39(3)34(42)31(38(2)32(40)16-10-21-35(36)22-11-23-35)25-27-17-19-29(20-18-27)28-14-8-5-9-15-28/h4-10,12-20,30-31H,11,21-25,36H2,1-3H3,(H,37,41)/b16-10+/t30-,31-/m1/s1. The summed E-state index contributed by atoms with van der Waals surface area (Å²) >= 11 is 0. The molecule has 0 saturated heterocycles. The smallest absolute Gasteiger partial charge is 0.246 e. The largest absolute Gasteiger partial charge is 0.357 e. The average Bonchev–Trinajstić information content (AvgIpc) is 3.01. The quantitative estimate of drug-likeness (QED) is 0.319. The van der Waals surface area contributed by atoms with E-state index in [2.05, 4.69) is 17.4 Å². The van der Waals surface area contributed by atoms with E-state index in [0.29, 0.717) is 19.3 Å². The van der Waals surface area contributed by atoms with Crippen molar-refractivity contribution in [1.82, 2.24) is 15.1 Å². The van der Waals surface area contributed by atoms with Gasteiger partial charge in [-0.25, -0.2) is 0 Å². The van der Waals surface area contributed by atoms with Gasteiger partial charge in [-0.15, -0.1) is 0 Å². The first kappa shape index (κ1) is 30.7. The number of rotatable bonds is 12. The predicted octanol–water partition coefficient (Wildman–Crippen LogP) is 4.37. The summed E-state index contributed by atoms with van der Waals surface area (Å²) in [5, 5.41) is 2.70. The molecule has 42 heavy (non-hydrogen) atoms. The van der Waals surface area contributed by atoms with E-state index in [4.69, 9.17) is 5.73 Å². The van der Waals surface area contributed by atoms with Crippen molar-refractivity contribution in [2.45, 2.75) is 56.1 Å². The summed E-state index contributed by atoms with van der Waals surface area (Å²) in [6.07, 6.45) is 7.65. The maximum Gasteiger partial charge on any atom is 0.246 e. The van der Waals surface area contributed by atoms with Crippen molar-refractivity contribution in [2.75, 3.05) is 21.1 Å².